The van der Waals surface area contributed by atoms with Crippen LogP contribution in [-0.4, -0.2) is 40.7 Å². The summed E-state index contributed by atoms with van der Waals surface area (Å²) in [5.41, 5.74) is 7.93. The Hall–Kier alpha value is -2.27. The molecule has 0 bridgehead atoms. The molecule has 156 valence electrons. The number of carbonyl (C=O) groups is 1. The molecule has 0 saturated heterocycles. The van der Waals surface area contributed by atoms with Crippen LogP contribution in [0.4, 0.5) is 23.9 Å². The largest absolute Gasteiger partial charge is 0.496 e. The van der Waals surface area contributed by atoms with Crippen LogP contribution in [-0.2, 0) is 13.1 Å². The summed E-state index contributed by atoms with van der Waals surface area (Å²) < 4.78 is 42.8. The predicted octanol–water partition coefficient (Wildman–Crippen LogP) is 4.13. The quantitative estimate of drug-likeness (QED) is 0.667. The van der Waals surface area contributed by atoms with Crippen LogP contribution in [0.25, 0.3) is 11.3 Å². The first-order valence-corrected chi connectivity index (χ1v) is 9.54. The zero-order chi connectivity index (χ0) is 21.3. The Kier molecular flexibility index (Phi) is 6.08. The van der Waals surface area contributed by atoms with Crippen molar-refractivity contribution in [2.45, 2.75) is 25.7 Å². The van der Waals surface area contributed by atoms with E-state index in [-0.39, 0.29) is 19.0 Å². The second-order valence-electron chi connectivity index (χ2n) is 6.28. The maximum atomic E-state index is 12.3. The highest BCUT2D eigenvalue weighted by molar-refractivity contribution is 9.10. The molecule has 0 radical (unpaired) electrons. The number of anilines is 1. The minimum Gasteiger partial charge on any atom is -0.496 e. The minimum atomic E-state index is -4.34. The van der Waals surface area contributed by atoms with E-state index in [9.17, 15) is 18.0 Å². The summed E-state index contributed by atoms with van der Waals surface area (Å²) in [5.74, 6) is 0.520. The molecule has 1 aromatic carbocycles. The highest BCUT2D eigenvalue weighted by Gasteiger charge is 2.31. The lowest BCUT2D eigenvalue weighted by molar-refractivity contribution is -0.133. The number of rotatable bonds is 4. The Labute approximate surface area is 177 Å². The molecule has 0 fully saturated rings. The molecule has 12 heteroatoms. The van der Waals surface area contributed by atoms with Crippen LogP contribution in [0.2, 0.25) is 5.02 Å². The average Bonchev–Trinajstić information content (AvgIpc) is 3.04. The molecule has 1 aromatic heterocycles. The number of carbonyl (C=O) groups excluding carboxylic acids is 1. The van der Waals surface area contributed by atoms with Gasteiger partial charge in [0.25, 0.3) is 0 Å². The van der Waals surface area contributed by atoms with E-state index in [4.69, 9.17) is 22.1 Å². The number of nitrogens with zero attached hydrogens (tertiary/aromatic N) is 3. The van der Waals surface area contributed by atoms with Crippen molar-refractivity contribution in [3.8, 4) is 17.0 Å². The van der Waals surface area contributed by atoms with Gasteiger partial charge >= 0.3 is 12.2 Å². The fourth-order valence-electron chi connectivity index (χ4n) is 2.93. The molecule has 0 atom stereocenters. The number of benzene rings is 1. The first kappa shape index (κ1) is 21.4. The minimum absolute atomic E-state index is 0.00367. The van der Waals surface area contributed by atoms with Crippen LogP contribution in [0.1, 0.15) is 17.7 Å². The Morgan fingerprint density at radius 1 is 1.38 bits per heavy atom. The van der Waals surface area contributed by atoms with E-state index in [0.29, 0.717) is 37.8 Å². The molecule has 2 heterocycles. The summed E-state index contributed by atoms with van der Waals surface area (Å²) in [6.45, 7) is -0.304. The summed E-state index contributed by atoms with van der Waals surface area (Å²) in [6, 6.07) is 2.70. The number of hydrogen-bond acceptors (Lipinski definition) is 5. The van der Waals surface area contributed by atoms with Crippen LogP contribution >= 0.6 is 27.5 Å². The van der Waals surface area contributed by atoms with Gasteiger partial charge in [0, 0.05) is 17.7 Å². The van der Waals surface area contributed by atoms with Gasteiger partial charge in [-0.15, -0.1) is 0 Å². The van der Waals surface area contributed by atoms with Crippen LogP contribution in [0.3, 0.4) is 0 Å². The highest BCUT2D eigenvalue weighted by Crippen LogP contribution is 2.39. The highest BCUT2D eigenvalue weighted by atomic mass is 79.9. The molecule has 0 aliphatic carbocycles. The van der Waals surface area contributed by atoms with Gasteiger partial charge in [0.05, 0.1) is 47.5 Å². The maximum absolute atomic E-state index is 12.3. The molecule has 2 amide bonds. The summed E-state index contributed by atoms with van der Waals surface area (Å²) in [6.07, 6.45) is -5.45. The summed E-state index contributed by atoms with van der Waals surface area (Å²) in [7, 11) is 1.50. The molecular formula is C17H16BrClF3N5O2. The van der Waals surface area contributed by atoms with Gasteiger partial charge in [-0.2, -0.15) is 13.2 Å². The van der Waals surface area contributed by atoms with E-state index in [1.165, 1.54) is 12.0 Å². The van der Waals surface area contributed by atoms with E-state index in [1.807, 2.05) is 0 Å². The van der Waals surface area contributed by atoms with Crippen molar-refractivity contribution >= 4 is 39.5 Å². The number of urea groups is 1. The van der Waals surface area contributed by atoms with Gasteiger partial charge in [0.1, 0.15) is 5.75 Å². The Bertz CT molecular complexity index is 958. The van der Waals surface area contributed by atoms with Crippen molar-refractivity contribution in [3.05, 3.63) is 32.9 Å². The Morgan fingerprint density at radius 2 is 2.10 bits per heavy atom. The van der Waals surface area contributed by atoms with Crippen molar-refractivity contribution in [2.75, 3.05) is 19.4 Å². The zero-order valence-electron chi connectivity index (χ0n) is 15.1. The van der Waals surface area contributed by atoms with E-state index in [0.717, 1.165) is 0 Å². The number of methoxy groups -OCH3 is 1. The fraction of sp³-hybridized carbons (Fsp3) is 0.353. The molecule has 0 saturated carbocycles. The molecule has 29 heavy (non-hydrogen) atoms. The summed E-state index contributed by atoms with van der Waals surface area (Å²) in [5, 5.41) is 2.64. The number of nitrogens with one attached hydrogen (secondary N) is 1. The lowest BCUT2D eigenvalue weighted by atomic mass is 10.1. The van der Waals surface area contributed by atoms with Crippen molar-refractivity contribution in [2.24, 2.45) is 0 Å². The first-order chi connectivity index (χ1) is 13.6. The zero-order valence-corrected chi connectivity index (χ0v) is 17.5. The molecule has 2 aromatic rings. The fourth-order valence-corrected chi connectivity index (χ4v) is 3.82. The lowest BCUT2D eigenvalue weighted by Gasteiger charge is -2.17. The molecule has 0 unspecified atom stereocenters. The molecule has 0 spiro atoms. The van der Waals surface area contributed by atoms with E-state index >= 15 is 0 Å². The van der Waals surface area contributed by atoms with Gasteiger partial charge in [-0.25, -0.2) is 14.8 Å². The number of fused-ring (bicyclic) bond motifs is 1. The van der Waals surface area contributed by atoms with E-state index in [2.05, 4.69) is 31.2 Å². The second-order valence-corrected chi connectivity index (χ2v) is 7.54. The number of ether oxygens (including phenoxy) is 1. The third-order valence-corrected chi connectivity index (χ3v) is 5.20. The molecule has 3 rings (SSSR count). The van der Waals surface area contributed by atoms with Gasteiger partial charge in [0.2, 0.25) is 5.95 Å². The monoisotopic (exact) mass is 493 g/mol. The van der Waals surface area contributed by atoms with Gasteiger partial charge < -0.3 is 20.7 Å². The number of halogens is 5. The number of nitrogens with two attached hydrogens (primary N) is 1. The molecular weight excluding hydrogens is 479 g/mol. The average molecular weight is 495 g/mol. The lowest BCUT2D eigenvalue weighted by Crippen LogP contribution is -2.38. The Morgan fingerprint density at radius 3 is 2.76 bits per heavy atom. The van der Waals surface area contributed by atoms with Gasteiger partial charge in [0.15, 0.2) is 0 Å². The first-order valence-electron chi connectivity index (χ1n) is 8.37. The SMILES string of the molecule is COc1cc(-c2nc(N)nc3c2CN(C(=O)NCCC(F)(F)F)C3)c(Cl)cc1Br. The van der Waals surface area contributed by atoms with Crippen LogP contribution in [0.15, 0.2) is 16.6 Å². The molecule has 1 aliphatic heterocycles. The van der Waals surface area contributed by atoms with Crippen LogP contribution in [0, 0.1) is 0 Å². The third-order valence-electron chi connectivity index (χ3n) is 4.27. The van der Waals surface area contributed by atoms with Crippen molar-refractivity contribution in [1.29, 1.82) is 0 Å². The van der Waals surface area contributed by atoms with Crippen molar-refractivity contribution in [1.82, 2.24) is 20.2 Å². The number of aromatic nitrogens is 2. The Balaban J connectivity index is 1.87. The topological polar surface area (TPSA) is 93.4 Å². The number of hydrogen-bond donors (Lipinski definition) is 2. The molecule has 1 aliphatic rings. The normalized spacial score (nSPS) is 13.4. The van der Waals surface area contributed by atoms with E-state index in [1.54, 1.807) is 12.1 Å². The van der Waals surface area contributed by atoms with Crippen molar-refractivity contribution in [3.63, 3.8) is 0 Å². The van der Waals surface area contributed by atoms with E-state index < -0.39 is 25.2 Å². The number of amides is 2. The maximum Gasteiger partial charge on any atom is 0.390 e. The van der Waals surface area contributed by atoms with Gasteiger partial charge in [-0.3, -0.25) is 0 Å². The molecule has 7 nitrogen and oxygen atoms in total. The standard InChI is InChI=1S/C17H16BrClF3N5O2/c1-29-13-4-8(11(19)5-10(13)18)14-9-6-27(7-12(9)25-15(23)26-14)16(28)24-3-2-17(20,21)22/h4-5H,2-3,6-7H2,1H3,(H,24,28)(H2,23,25,26). The summed E-state index contributed by atoms with van der Waals surface area (Å²) in [4.78, 5) is 22.0. The smallest absolute Gasteiger partial charge is 0.390 e. The summed E-state index contributed by atoms with van der Waals surface area (Å²) >= 11 is 9.72. The predicted molar refractivity (Wildman–Crippen MR) is 104 cm³/mol. The number of nitrogen functional groups attached to an aromatic ring is 1. The van der Waals surface area contributed by atoms with Gasteiger partial charge in [-0.05, 0) is 28.1 Å². The number of alkyl halides is 3. The third kappa shape index (κ3) is 4.84. The van der Waals surface area contributed by atoms with Gasteiger partial charge in [-0.1, -0.05) is 11.6 Å². The van der Waals surface area contributed by atoms with Crippen LogP contribution < -0.4 is 15.8 Å². The van der Waals surface area contributed by atoms with Crippen molar-refractivity contribution < 1.29 is 22.7 Å². The van der Waals surface area contributed by atoms with Crippen LogP contribution in [0.5, 0.6) is 5.75 Å². The second kappa shape index (κ2) is 8.23. The molecule has 3 N–H and O–H groups in total.